The summed E-state index contributed by atoms with van der Waals surface area (Å²) in [6.45, 7) is 1.80. The number of amides is 1. The van der Waals surface area contributed by atoms with Crippen molar-refractivity contribution in [2.24, 2.45) is 0 Å². The minimum Gasteiger partial charge on any atom is -0.481 e. The SMILES string of the molecule is C[C@H](c1nc2ccccc2s1)N(C)C(=O)COc1c(Cl)cccc1Cl. The van der Waals surface area contributed by atoms with Gasteiger partial charge in [0.1, 0.15) is 5.01 Å². The van der Waals surface area contributed by atoms with Gasteiger partial charge in [0.05, 0.1) is 26.3 Å². The van der Waals surface area contributed by atoms with Crippen molar-refractivity contribution in [2.45, 2.75) is 13.0 Å². The highest BCUT2D eigenvalue weighted by molar-refractivity contribution is 7.18. The number of likely N-dealkylation sites (N-methyl/N-ethyl adjacent to an activating group) is 1. The molecule has 2 aromatic carbocycles. The Hall–Kier alpha value is -1.82. The van der Waals surface area contributed by atoms with Crippen LogP contribution in [-0.4, -0.2) is 29.4 Å². The van der Waals surface area contributed by atoms with Gasteiger partial charge in [-0.15, -0.1) is 11.3 Å². The molecule has 4 nitrogen and oxygen atoms in total. The molecule has 1 atom stereocenters. The van der Waals surface area contributed by atoms with Crippen LogP contribution in [0.15, 0.2) is 42.5 Å². The summed E-state index contributed by atoms with van der Waals surface area (Å²) in [5, 5.41) is 1.64. The molecule has 0 saturated heterocycles. The second-order valence-corrected chi connectivity index (χ2v) is 7.42. The van der Waals surface area contributed by atoms with E-state index in [1.54, 1.807) is 41.5 Å². The highest BCUT2D eigenvalue weighted by Gasteiger charge is 2.21. The quantitative estimate of drug-likeness (QED) is 0.596. The zero-order valence-corrected chi connectivity index (χ0v) is 16.0. The van der Waals surface area contributed by atoms with Crippen LogP contribution in [0.1, 0.15) is 18.0 Å². The average Bonchev–Trinajstić information content (AvgIpc) is 3.04. The highest BCUT2D eigenvalue weighted by atomic mass is 35.5. The summed E-state index contributed by atoms with van der Waals surface area (Å²) in [5.41, 5.74) is 0.939. The maximum Gasteiger partial charge on any atom is 0.260 e. The number of para-hydroxylation sites is 2. The Morgan fingerprint density at radius 2 is 1.88 bits per heavy atom. The van der Waals surface area contributed by atoms with Crippen LogP contribution in [0.25, 0.3) is 10.2 Å². The zero-order valence-electron chi connectivity index (χ0n) is 13.7. The van der Waals surface area contributed by atoms with E-state index in [2.05, 4.69) is 4.98 Å². The lowest BCUT2D eigenvalue weighted by Gasteiger charge is -2.23. The van der Waals surface area contributed by atoms with Crippen LogP contribution >= 0.6 is 34.5 Å². The van der Waals surface area contributed by atoms with Gasteiger partial charge in [-0.25, -0.2) is 4.98 Å². The van der Waals surface area contributed by atoms with E-state index in [4.69, 9.17) is 27.9 Å². The molecule has 1 heterocycles. The van der Waals surface area contributed by atoms with Crippen molar-refractivity contribution in [1.82, 2.24) is 9.88 Å². The number of ether oxygens (including phenoxy) is 1. The Kier molecular flexibility index (Phi) is 5.47. The van der Waals surface area contributed by atoms with E-state index < -0.39 is 0 Å². The first-order valence-corrected chi connectivity index (χ1v) is 9.22. The first kappa shape index (κ1) is 18.0. The Bertz CT molecular complexity index is 860. The predicted octanol–water partition coefficient (Wildman–Crippen LogP) is 5.20. The number of hydrogen-bond acceptors (Lipinski definition) is 4. The van der Waals surface area contributed by atoms with Crippen molar-refractivity contribution in [3.8, 4) is 5.75 Å². The van der Waals surface area contributed by atoms with Gasteiger partial charge >= 0.3 is 0 Å². The topological polar surface area (TPSA) is 42.4 Å². The molecule has 3 rings (SSSR count). The van der Waals surface area contributed by atoms with Gasteiger partial charge < -0.3 is 9.64 Å². The van der Waals surface area contributed by atoms with E-state index in [0.717, 1.165) is 15.2 Å². The minimum atomic E-state index is -0.178. The number of thiazole rings is 1. The molecule has 0 N–H and O–H groups in total. The standard InChI is InChI=1S/C18H16Cl2N2O2S/c1-11(18-21-14-8-3-4-9-15(14)25-18)22(2)16(23)10-24-17-12(19)6-5-7-13(17)20/h3-9,11H,10H2,1-2H3/t11-/m1/s1. The third-order valence-corrected chi connectivity index (χ3v) is 5.70. The number of benzene rings is 2. The molecular formula is C18H16Cl2N2O2S. The third kappa shape index (κ3) is 3.89. The summed E-state index contributed by atoms with van der Waals surface area (Å²) >= 11 is 13.7. The summed E-state index contributed by atoms with van der Waals surface area (Å²) in [5.74, 6) is 0.142. The molecule has 0 saturated carbocycles. The number of carbonyl (C=O) groups is 1. The lowest BCUT2D eigenvalue weighted by atomic mass is 10.3. The van der Waals surface area contributed by atoms with E-state index in [0.29, 0.717) is 15.8 Å². The normalized spacial score (nSPS) is 12.2. The van der Waals surface area contributed by atoms with Crippen molar-refractivity contribution in [2.75, 3.05) is 13.7 Å². The summed E-state index contributed by atoms with van der Waals surface area (Å²) in [7, 11) is 1.73. The largest absolute Gasteiger partial charge is 0.481 e. The number of fused-ring (bicyclic) bond motifs is 1. The number of aromatic nitrogens is 1. The molecule has 0 radical (unpaired) electrons. The summed E-state index contributed by atoms with van der Waals surface area (Å²) in [6.07, 6.45) is 0. The van der Waals surface area contributed by atoms with E-state index in [1.165, 1.54) is 0 Å². The van der Waals surface area contributed by atoms with Gasteiger partial charge in [0.15, 0.2) is 12.4 Å². The van der Waals surface area contributed by atoms with Gasteiger partial charge in [-0.2, -0.15) is 0 Å². The van der Waals surface area contributed by atoms with Crippen molar-refractivity contribution >= 4 is 50.7 Å². The number of halogens is 2. The Morgan fingerprint density at radius 1 is 1.20 bits per heavy atom. The molecule has 1 aromatic heterocycles. The van der Waals surface area contributed by atoms with Gasteiger partial charge in [-0.05, 0) is 31.2 Å². The molecule has 0 bridgehead atoms. The molecule has 0 unspecified atom stereocenters. The molecule has 0 spiro atoms. The fourth-order valence-corrected chi connectivity index (χ4v) is 3.88. The molecule has 0 fully saturated rings. The monoisotopic (exact) mass is 394 g/mol. The van der Waals surface area contributed by atoms with Gasteiger partial charge in [0.25, 0.3) is 5.91 Å². The lowest BCUT2D eigenvalue weighted by molar-refractivity contribution is -0.134. The minimum absolute atomic E-state index is 0.144. The number of carbonyl (C=O) groups excluding carboxylic acids is 1. The fourth-order valence-electron chi connectivity index (χ4n) is 2.31. The predicted molar refractivity (Wildman–Crippen MR) is 103 cm³/mol. The van der Waals surface area contributed by atoms with Gasteiger partial charge in [-0.1, -0.05) is 41.4 Å². The molecular weight excluding hydrogens is 379 g/mol. The van der Waals surface area contributed by atoms with Crippen LogP contribution in [0, 0.1) is 0 Å². The fraction of sp³-hybridized carbons (Fsp3) is 0.222. The van der Waals surface area contributed by atoms with E-state index in [-0.39, 0.29) is 18.6 Å². The van der Waals surface area contributed by atoms with Crippen LogP contribution in [-0.2, 0) is 4.79 Å². The number of hydrogen-bond donors (Lipinski definition) is 0. The third-order valence-electron chi connectivity index (χ3n) is 3.90. The summed E-state index contributed by atoms with van der Waals surface area (Å²) < 4.78 is 6.62. The van der Waals surface area contributed by atoms with E-state index in [1.807, 2.05) is 31.2 Å². The molecule has 1 amide bonds. The lowest BCUT2D eigenvalue weighted by Crippen LogP contribution is -2.33. The molecule has 0 aliphatic carbocycles. The van der Waals surface area contributed by atoms with Gasteiger partial charge in [0.2, 0.25) is 0 Å². The van der Waals surface area contributed by atoms with Crippen LogP contribution in [0.4, 0.5) is 0 Å². The maximum absolute atomic E-state index is 12.5. The summed E-state index contributed by atoms with van der Waals surface area (Å²) in [6, 6.07) is 12.8. The van der Waals surface area contributed by atoms with E-state index in [9.17, 15) is 4.79 Å². The first-order chi connectivity index (χ1) is 12.0. The van der Waals surface area contributed by atoms with Crippen LogP contribution in [0.5, 0.6) is 5.75 Å². The van der Waals surface area contributed by atoms with Gasteiger partial charge in [-0.3, -0.25) is 4.79 Å². The molecule has 0 aliphatic heterocycles. The Morgan fingerprint density at radius 3 is 2.56 bits per heavy atom. The smallest absolute Gasteiger partial charge is 0.260 e. The molecule has 130 valence electrons. The first-order valence-electron chi connectivity index (χ1n) is 7.65. The van der Waals surface area contributed by atoms with Crippen molar-refractivity contribution in [3.05, 3.63) is 57.5 Å². The number of nitrogens with zero attached hydrogens (tertiary/aromatic N) is 2. The Balaban J connectivity index is 1.69. The van der Waals surface area contributed by atoms with Crippen LogP contribution in [0.3, 0.4) is 0 Å². The Labute approximate surface area is 159 Å². The molecule has 3 aromatic rings. The van der Waals surface area contributed by atoms with Crippen LogP contribution in [0.2, 0.25) is 10.0 Å². The maximum atomic E-state index is 12.5. The van der Waals surface area contributed by atoms with Gasteiger partial charge in [0, 0.05) is 7.05 Å². The van der Waals surface area contributed by atoms with Crippen molar-refractivity contribution < 1.29 is 9.53 Å². The molecule has 7 heteroatoms. The summed E-state index contributed by atoms with van der Waals surface area (Å²) in [4.78, 5) is 18.7. The zero-order chi connectivity index (χ0) is 18.0. The number of rotatable bonds is 5. The highest BCUT2D eigenvalue weighted by Crippen LogP contribution is 2.33. The van der Waals surface area contributed by atoms with Crippen LogP contribution < -0.4 is 4.74 Å². The molecule has 25 heavy (non-hydrogen) atoms. The van der Waals surface area contributed by atoms with Crippen molar-refractivity contribution in [1.29, 1.82) is 0 Å². The molecule has 0 aliphatic rings. The van der Waals surface area contributed by atoms with E-state index >= 15 is 0 Å². The second-order valence-electron chi connectivity index (χ2n) is 5.54. The second kappa shape index (κ2) is 7.60. The average molecular weight is 395 g/mol. The van der Waals surface area contributed by atoms with Crippen molar-refractivity contribution in [3.63, 3.8) is 0 Å².